The van der Waals surface area contributed by atoms with Crippen LogP contribution in [0.4, 0.5) is 5.82 Å². The average Bonchev–Trinajstić information content (AvgIpc) is 2.71. The third kappa shape index (κ3) is 5.93. The fourth-order valence-corrected chi connectivity index (χ4v) is 6.56. The molecule has 1 aromatic carbocycles. The van der Waals surface area contributed by atoms with Crippen molar-refractivity contribution in [2.75, 3.05) is 18.4 Å². The van der Waals surface area contributed by atoms with Gasteiger partial charge in [-0.1, -0.05) is 0 Å². The minimum absolute atomic E-state index is 0.00955. The van der Waals surface area contributed by atoms with Gasteiger partial charge in [-0.2, -0.15) is 0 Å². The van der Waals surface area contributed by atoms with Crippen LogP contribution in [0.5, 0.6) is 5.75 Å². The average molecular weight is 608 g/mol. The Morgan fingerprint density at radius 2 is 2.00 bits per heavy atom. The Kier molecular flexibility index (Phi) is 8.11. The minimum atomic E-state index is -1.19. The number of piperidine rings is 1. The van der Waals surface area contributed by atoms with Gasteiger partial charge in [-0.3, -0.25) is 0 Å². The maximum absolute atomic E-state index is 13.0. The second-order valence-corrected chi connectivity index (χ2v) is 11.4. The van der Waals surface area contributed by atoms with E-state index in [2.05, 4.69) is 45.0 Å². The molecule has 2 aromatic rings. The molecule has 1 aromatic heterocycles. The summed E-state index contributed by atoms with van der Waals surface area (Å²) in [4.78, 5) is 32.3. The molecule has 1 amide bonds. The van der Waals surface area contributed by atoms with Crippen LogP contribution >= 0.6 is 27.5 Å². The molecule has 0 aliphatic carbocycles. The van der Waals surface area contributed by atoms with Gasteiger partial charge in [0.15, 0.2) is 0 Å². The van der Waals surface area contributed by atoms with E-state index in [0.717, 1.165) is 25.9 Å². The number of likely N-dealkylation sites (tertiary alicyclic amines) is 1. The zero-order valence-electron chi connectivity index (χ0n) is 16.7. The number of anilines is 1. The molecule has 1 saturated heterocycles. The first-order valence-corrected chi connectivity index (χ1v) is 13.0. The molecule has 1 fully saturated rings. The zero-order chi connectivity index (χ0) is 21.8. The zero-order valence-corrected chi connectivity index (χ0v) is 21.2. The van der Waals surface area contributed by atoms with Gasteiger partial charge in [0.2, 0.25) is 0 Å². The number of benzene rings is 1. The predicted molar refractivity (Wildman–Crippen MR) is 116 cm³/mol. The Balaban J connectivity index is 1.77. The van der Waals surface area contributed by atoms with Crippen LogP contribution in [0.15, 0.2) is 34.9 Å². The number of amides is 1. The number of carbonyl (C=O) groups excluding carboxylic acids is 2. The number of halogens is 3. The van der Waals surface area contributed by atoms with E-state index in [1.165, 1.54) is 12.3 Å². The van der Waals surface area contributed by atoms with Crippen molar-refractivity contribution in [3.63, 3.8) is 0 Å². The van der Waals surface area contributed by atoms with E-state index in [4.69, 9.17) is 11.6 Å². The number of phenolic OH excluding ortho intramolecular Hbond substituents is 1. The molecule has 0 radical (unpaired) electrons. The van der Waals surface area contributed by atoms with Gasteiger partial charge in [0, 0.05) is 0 Å². The number of nitrogens with zero attached hydrogens (tertiary/aromatic N) is 2. The Morgan fingerprint density at radius 1 is 1.30 bits per heavy atom. The van der Waals surface area contributed by atoms with E-state index >= 15 is 0 Å². The number of carbonyl (C=O) groups is 2. The van der Waals surface area contributed by atoms with Gasteiger partial charge in [0.05, 0.1) is 0 Å². The maximum atomic E-state index is 13.0. The normalized spacial score (nSPS) is 15.5. The third-order valence-corrected chi connectivity index (χ3v) is 8.77. The molecule has 30 heavy (non-hydrogen) atoms. The monoisotopic (exact) mass is 606 g/mol. The second-order valence-electron chi connectivity index (χ2n) is 7.40. The first-order valence-electron chi connectivity index (χ1n) is 9.62. The van der Waals surface area contributed by atoms with Gasteiger partial charge in [-0.25, -0.2) is 0 Å². The van der Waals surface area contributed by atoms with E-state index < -0.39 is 27.1 Å². The predicted octanol–water partition coefficient (Wildman–Crippen LogP) is 1.36. The van der Waals surface area contributed by atoms with Crippen molar-refractivity contribution in [1.82, 2.24) is 9.88 Å². The SMILES string of the molecule is CC(C)N1CCC(C(=O)[I-]c2c(O)cc(Br)cc2C(=O)Nc2ccc(Cl)cn2)CC1. The summed E-state index contributed by atoms with van der Waals surface area (Å²) in [7, 11) is 0. The topological polar surface area (TPSA) is 82.5 Å². The van der Waals surface area contributed by atoms with Crippen LogP contribution in [0, 0.1) is 9.49 Å². The quantitative estimate of drug-likeness (QED) is 0.383. The molecule has 6 nitrogen and oxygen atoms in total. The molecule has 2 N–H and O–H groups in total. The molecule has 9 heteroatoms. The molecule has 3 rings (SSSR count). The van der Waals surface area contributed by atoms with Crippen LogP contribution in [-0.2, 0) is 4.79 Å². The van der Waals surface area contributed by atoms with Crippen molar-refractivity contribution in [1.29, 1.82) is 0 Å². The number of rotatable bonds is 6. The van der Waals surface area contributed by atoms with Gasteiger partial charge >= 0.3 is 201 Å². The number of aromatic hydroxyl groups is 1. The summed E-state index contributed by atoms with van der Waals surface area (Å²) in [5.41, 5.74) is 0.291. The van der Waals surface area contributed by atoms with Gasteiger partial charge in [0.25, 0.3) is 0 Å². The number of pyridine rings is 1. The molecule has 0 spiro atoms. The number of hydrogen-bond donors (Lipinski definition) is 2. The molecule has 0 saturated carbocycles. The van der Waals surface area contributed by atoms with Crippen LogP contribution in [0.3, 0.4) is 0 Å². The Bertz CT molecular complexity index is 932. The molecule has 1 aliphatic rings. The summed E-state index contributed by atoms with van der Waals surface area (Å²) < 4.78 is 1.17. The van der Waals surface area contributed by atoms with E-state index in [1.54, 1.807) is 18.2 Å². The van der Waals surface area contributed by atoms with E-state index in [-0.39, 0.29) is 15.5 Å². The Hall–Kier alpha value is -1.23. The van der Waals surface area contributed by atoms with Crippen LogP contribution in [0.1, 0.15) is 37.0 Å². The van der Waals surface area contributed by atoms with Crippen LogP contribution < -0.4 is 26.5 Å². The summed E-state index contributed by atoms with van der Waals surface area (Å²) >= 11 is 7.97. The standard InChI is InChI=1S/C21H23BrClIN3O3/c1-12(2)27-7-5-13(6-8-27)20(29)24-19-16(9-14(22)10-17(19)28)21(30)26-18-4-3-15(23)11-25-18/h3-4,9-13,28H,5-8H2,1-2H3,(H,25,26,30)/q-1. The van der Waals surface area contributed by atoms with Crippen molar-refractivity contribution < 1.29 is 35.9 Å². The van der Waals surface area contributed by atoms with Crippen molar-refractivity contribution in [2.45, 2.75) is 32.7 Å². The van der Waals surface area contributed by atoms with E-state index in [0.29, 0.717) is 30.5 Å². The van der Waals surface area contributed by atoms with Crippen LogP contribution in [0.2, 0.25) is 5.02 Å². The second kappa shape index (κ2) is 10.4. The number of phenols is 1. The van der Waals surface area contributed by atoms with Crippen molar-refractivity contribution in [2.24, 2.45) is 5.92 Å². The third-order valence-electron chi connectivity index (χ3n) is 5.00. The summed E-state index contributed by atoms with van der Waals surface area (Å²) in [5, 5.41) is 13.7. The molecule has 0 bridgehead atoms. The van der Waals surface area contributed by atoms with Gasteiger partial charge in [-0.05, 0) is 0 Å². The summed E-state index contributed by atoms with van der Waals surface area (Å²) in [6, 6.07) is 6.86. The summed E-state index contributed by atoms with van der Waals surface area (Å²) in [6.07, 6.45) is 3.09. The fraction of sp³-hybridized carbons (Fsp3) is 0.381. The Labute approximate surface area is 199 Å². The summed E-state index contributed by atoms with van der Waals surface area (Å²) in [5.74, 6) is -0.108. The van der Waals surface area contributed by atoms with Crippen molar-refractivity contribution >= 4 is 43.0 Å². The van der Waals surface area contributed by atoms with Gasteiger partial charge in [0.1, 0.15) is 0 Å². The molecule has 0 atom stereocenters. The van der Waals surface area contributed by atoms with Crippen LogP contribution in [0.25, 0.3) is 0 Å². The van der Waals surface area contributed by atoms with Crippen LogP contribution in [-0.4, -0.2) is 43.8 Å². The van der Waals surface area contributed by atoms with E-state index in [9.17, 15) is 14.7 Å². The fourth-order valence-electron chi connectivity index (χ4n) is 3.29. The Morgan fingerprint density at radius 3 is 2.60 bits per heavy atom. The van der Waals surface area contributed by atoms with Crippen molar-refractivity contribution in [3.05, 3.63) is 49.1 Å². The number of hydrogen-bond acceptors (Lipinski definition) is 5. The van der Waals surface area contributed by atoms with E-state index in [1.807, 2.05) is 0 Å². The molecule has 2 heterocycles. The first kappa shape index (κ1) is 23.4. The molecule has 0 unspecified atom stereocenters. The number of nitrogens with one attached hydrogen (secondary N) is 1. The number of aromatic nitrogens is 1. The van der Waals surface area contributed by atoms with Gasteiger partial charge in [-0.15, -0.1) is 0 Å². The molecular weight excluding hydrogens is 585 g/mol. The first-order chi connectivity index (χ1) is 14.2. The molecule has 1 aliphatic heterocycles. The van der Waals surface area contributed by atoms with Crippen molar-refractivity contribution in [3.8, 4) is 5.75 Å². The molecule has 162 valence electrons. The van der Waals surface area contributed by atoms with Gasteiger partial charge < -0.3 is 0 Å². The molecular formula is C21H23BrClIN3O3-. The summed E-state index contributed by atoms with van der Waals surface area (Å²) in [6.45, 7) is 6.13.